The molecule has 0 aliphatic rings. The monoisotopic (exact) mass is 334 g/mol. The van der Waals surface area contributed by atoms with Crippen LogP contribution in [-0.4, -0.2) is 17.7 Å². The molecule has 1 N–H and O–H groups in total. The maximum absolute atomic E-state index is 11.9. The summed E-state index contributed by atoms with van der Waals surface area (Å²) in [6, 6.07) is 2.05. The van der Waals surface area contributed by atoms with Gasteiger partial charge in [-0.15, -0.1) is 0 Å². The number of carbonyl (C=O) groups is 1. The van der Waals surface area contributed by atoms with E-state index in [0.29, 0.717) is 25.2 Å². The van der Waals surface area contributed by atoms with Crippen molar-refractivity contribution >= 4 is 5.97 Å². The smallest absolute Gasteiger partial charge is 0.306 e. The molecule has 0 saturated carbocycles. The average Bonchev–Trinajstić information content (AvgIpc) is 2.50. The second-order valence-corrected chi connectivity index (χ2v) is 7.71. The van der Waals surface area contributed by atoms with Gasteiger partial charge in [-0.2, -0.15) is 0 Å². The standard InChI is InChI=1S/C21H34O3/c1-7-8-9-10-13-24-19(22)12-11-17-14-18(21(4,5)6)20(23)16(3)15(17)2/h14,23H,7-13H2,1-6H3. The zero-order valence-electron chi connectivity index (χ0n) is 16.3. The third kappa shape index (κ3) is 5.85. The Morgan fingerprint density at radius 1 is 1.12 bits per heavy atom. The molecule has 0 aromatic heterocycles. The van der Waals surface area contributed by atoms with E-state index < -0.39 is 0 Å². The predicted molar refractivity (Wildman–Crippen MR) is 99.7 cm³/mol. The molecule has 3 nitrogen and oxygen atoms in total. The Kier molecular flexibility index (Phi) is 7.78. The summed E-state index contributed by atoms with van der Waals surface area (Å²) < 4.78 is 5.31. The fourth-order valence-electron chi connectivity index (χ4n) is 2.83. The molecule has 24 heavy (non-hydrogen) atoms. The van der Waals surface area contributed by atoms with Crippen molar-refractivity contribution in [3.8, 4) is 5.75 Å². The molecular formula is C21H34O3. The molecule has 136 valence electrons. The Balaban J connectivity index is 2.68. The summed E-state index contributed by atoms with van der Waals surface area (Å²) in [6.07, 6.45) is 5.50. The van der Waals surface area contributed by atoms with Gasteiger partial charge in [-0.3, -0.25) is 4.79 Å². The Hall–Kier alpha value is -1.51. The molecule has 0 aliphatic carbocycles. The Bertz CT molecular complexity index is 553. The number of ether oxygens (including phenoxy) is 1. The van der Waals surface area contributed by atoms with Crippen LogP contribution < -0.4 is 0 Å². The lowest BCUT2D eigenvalue weighted by Gasteiger charge is -2.24. The quantitative estimate of drug-likeness (QED) is 0.514. The highest BCUT2D eigenvalue weighted by atomic mass is 16.5. The number of aromatic hydroxyl groups is 1. The van der Waals surface area contributed by atoms with Crippen molar-refractivity contribution in [2.24, 2.45) is 0 Å². The van der Waals surface area contributed by atoms with Gasteiger partial charge in [-0.25, -0.2) is 0 Å². The molecule has 0 saturated heterocycles. The minimum absolute atomic E-state index is 0.128. The van der Waals surface area contributed by atoms with E-state index >= 15 is 0 Å². The summed E-state index contributed by atoms with van der Waals surface area (Å²) >= 11 is 0. The number of hydrogen-bond acceptors (Lipinski definition) is 3. The van der Waals surface area contributed by atoms with Crippen molar-refractivity contribution in [2.75, 3.05) is 6.61 Å². The van der Waals surface area contributed by atoms with Gasteiger partial charge in [0, 0.05) is 6.42 Å². The van der Waals surface area contributed by atoms with Crippen LogP contribution in [0.3, 0.4) is 0 Å². The molecule has 0 atom stereocenters. The van der Waals surface area contributed by atoms with Crippen molar-refractivity contribution in [1.82, 2.24) is 0 Å². The first kappa shape index (κ1) is 20.5. The van der Waals surface area contributed by atoms with Gasteiger partial charge in [0.25, 0.3) is 0 Å². The molecule has 0 spiro atoms. The molecule has 0 fully saturated rings. The number of phenols is 1. The second kappa shape index (κ2) is 9.10. The number of benzene rings is 1. The lowest BCUT2D eigenvalue weighted by molar-refractivity contribution is -0.143. The second-order valence-electron chi connectivity index (χ2n) is 7.71. The molecule has 1 aromatic carbocycles. The summed E-state index contributed by atoms with van der Waals surface area (Å²) in [6.45, 7) is 12.9. The largest absolute Gasteiger partial charge is 0.507 e. The molecule has 1 rings (SSSR count). The maximum atomic E-state index is 11.9. The molecule has 1 aromatic rings. The number of unbranched alkanes of at least 4 members (excludes halogenated alkanes) is 3. The molecular weight excluding hydrogens is 300 g/mol. The minimum atomic E-state index is -0.131. The highest BCUT2D eigenvalue weighted by molar-refractivity contribution is 5.70. The van der Waals surface area contributed by atoms with Crippen LogP contribution in [0.5, 0.6) is 5.75 Å². The summed E-state index contributed by atoms with van der Waals surface area (Å²) in [5.74, 6) is 0.246. The van der Waals surface area contributed by atoms with Gasteiger partial charge in [0.15, 0.2) is 0 Å². The number of aryl methyl sites for hydroxylation is 1. The van der Waals surface area contributed by atoms with Gasteiger partial charge in [0.05, 0.1) is 6.61 Å². The van der Waals surface area contributed by atoms with Crippen LogP contribution >= 0.6 is 0 Å². The van der Waals surface area contributed by atoms with E-state index in [-0.39, 0.29) is 11.4 Å². The van der Waals surface area contributed by atoms with Gasteiger partial charge in [-0.05, 0) is 54.4 Å². The van der Waals surface area contributed by atoms with Gasteiger partial charge in [0.2, 0.25) is 0 Å². The molecule has 0 unspecified atom stereocenters. The van der Waals surface area contributed by atoms with E-state index in [1.807, 2.05) is 19.9 Å². The van der Waals surface area contributed by atoms with Crippen molar-refractivity contribution < 1.29 is 14.6 Å². The molecule has 0 radical (unpaired) electrons. The molecule has 3 heteroatoms. The van der Waals surface area contributed by atoms with E-state index in [2.05, 4.69) is 27.7 Å². The normalized spacial score (nSPS) is 11.6. The predicted octanol–water partition coefficient (Wildman–Crippen LogP) is 5.36. The Morgan fingerprint density at radius 3 is 2.38 bits per heavy atom. The third-order valence-electron chi connectivity index (χ3n) is 4.64. The fourth-order valence-corrected chi connectivity index (χ4v) is 2.83. The van der Waals surface area contributed by atoms with Crippen LogP contribution in [0.15, 0.2) is 6.07 Å². The van der Waals surface area contributed by atoms with Gasteiger partial charge in [0.1, 0.15) is 5.75 Å². The molecule has 0 heterocycles. The highest BCUT2D eigenvalue weighted by Crippen LogP contribution is 2.36. The van der Waals surface area contributed by atoms with Gasteiger partial charge < -0.3 is 9.84 Å². The van der Waals surface area contributed by atoms with E-state index in [1.165, 1.54) is 12.8 Å². The van der Waals surface area contributed by atoms with Crippen LogP contribution in [0.4, 0.5) is 0 Å². The summed E-state index contributed by atoms with van der Waals surface area (Å²) in [7, 11) is 0. The van der Waals surface area contributed by atoms with Gasteiger partial charge in [-0.1, -0.05) is 53.0 Å². The molecule has 0 bridgehead atoms. The zero-order valence-corrected chi connectivity index (χ0v) is 16.3. The molecule has 0 aliphatic heterocycles. The Morgan fingerprint density at radius 2 is 1.79 bits per heavy atom. The topological polar surface area (TPSA) is 46.5 Å². The maximum Gasteiger partial charge on any atom is 0.306 e. The van der Waals surface area contributed by atoms with Crippen LogP contribution in [0.2, 0.25) is 0 Å². The summed E-state index contributed by atoms with van der Waals surface area (Å²) in [5, 5.41) is 10.4. The van der Waals surface area contributed by atoms with Crippen LogP contribution in [0.25, 0.3) is 0 Å². The highest BCUT2D eigenvalue weighted by Gasteiger charge is 2.22. The first-order valence-corrected chi connectivity index (χ1v) is 9.16. The molecule has 0 amide bonds. The lowest BCUT2D eigenvalue weighted by atomic mass is 9.82. The van der Waals surface area contributed by atoms with Crippen molar-refractivity contribution in [1.29, 1.82) is 0 Å². The third-order valence-corrected chi connectivity index (χ3v) is 4.64. The average molecular weight is 335 g/mol. The summed E-state index contributed by atoms with van der Waals surface area (Å²) in [5.41, 5.74) is 3.91. The van der Waals surface area contributed by atoms with Crippen LogP contribution in [0.1, 0.15) is 82.1 Å². The first-order valence-electron chi connectivity index (χ1n) is 9.16. The number of esters is 1. The van der Waals surface area contributed by atoms with Crippen molar-refractivity contribution in [2.45, 2.75) is 85.5 Å². The van der Waals surface area contributed by atoms with E-state index in [4.69, 9.17) is 4.74 Å². The first-order chi connectivity index (χ1) is 11.2. The van der Waals surface area contributed by atoms with Crippen molar-refractivity contribution in [3.05, 3.63) is 28.3 Å². The number of hydrogen-bond donors (Lipinski definition) is 1. The number of phenolic OH excluding ortho intramolecular Hbond substituents is 1. The number of carbonyl (C=O) groups excluding carboxylic acids is 1. The number of rotatable bonds is 8. The lowest BCUT2D eigenvalue weighted by Crippen LogP contribution is -2.14. The minimum Gasteiger partial charge on any atom is -0.507 e. The SMILES string of the molecule is CCCCCCOC(=O)CCc1cc(C(C)(C)C)c(O)c(C)c1C. The van der Waals surface area contributed by atoms with Gasteiger partial charge >= 0.3 is 5.97 Å². The van der Waals surface area contributed by atoms with E-state index in [0.717, 1.165) is 35.1 Å². The van der Waals surface area contributed by atoms with E-state index in [1.54, 1.807) is 0 Å². The van der Waals surface area contributed by atoms with E-state index in [9.17, 15) is 9.90 Å². The zero-order chi connectivity index (χ0) is 18.3. The Labute approximate surface area is 147 Å². The van der Waals surface area contributed by atoms with Crippen molar-refractivity contribution in [3.63, 3.8) is 0 Å². The van der Waals surface area contributed by atoms with Crippen LogP contribution in [0, 0.1) is 13.8 Å². The summed E-state index contributed by atoms with van der Waals surface area (Å²) in [4.78, 5) is 11.9. The fraction of sp³-hybridized carbons (Fsp3) is 0.667. The van der Waals surface area contributed by atoms with Crippen LogP contribution in [-0.2, 0) is 21.4 Å².